The molecule has 1 aliphatic heterocycles. The van der Waals surface area contributed by atoms with E-state index in [9.17, 15) is 13.2 Å². The average molecular weight is 403 g/mol. The summed E-state index contributed by atoms with van der Waals surface area (Å²) in [6.45, 7) is 8.32. The number of hydrogen-bond donors (Lipinski definition) is 1. The van der Waals surface area contributed by atoms with Gasteiger partial charge in [0.15, 0.2) is 0 Å². The number of carbonyl (C=O) groups is 1. The first-order valence-electron chi connectivity index (χ1n) is 9.62. The molecule has 0 saturated carbocycles. The van der Waals surface area contributed by atoms with Crippen LogP contribution in [-0.2, 0) is 10.0 Å². The van der Waals surface area contributed by atoms with Crippen molar-refractivity contribution in [1.82, 2.24) is 4.90 Å². The molecule has 0 aromatic heterocycles. The van der Waals surface area contributed by atoms with Crippen LogP contribution in [0.15, 0.2) is 53.4 Å². The Morgan fingerprint density at radius 1 is 1.07 bits per heavy atom. The second kappa shape index (κ2) is 8.32. The molecule has 1 saturated heterocycles. The molecule has 0 bridgehead atoms. The smallest absolute Gasteiger partial charge is 0.264 e. The van der Waals surface area contributed by atoms with Crippen LogP contribution in [0.4, 0.5) is 5.69 Å². The summed E-state index contributed by atoms with van der Waals surface area (Å²) in [7, 11) is -2.25. The predicted octanol–water partition coefficient (Wildman–Crippen LogP) is 1.18. The van der Waals surface area contributed by atoms with Crippen LogP contribution < -0.4 is 9.21 Å². The third-order valence-electron chi connectivity index (χ3n) is 5.41. The second-order valence-corrected chi connectivity index (χ2v) is 9.17. The zero-order valence-electron chi connectivity index (χ0n) is 16.7. The van der Waals surface area contributed by atoms with Crippen molar-refractivity contribution in [3.8, 4) is 0 Å². The van der Waals surface area contributed by atoms with Gasteiger partial charge in [0.2, 0.25) is 0 Å². The van der Waals surface area contributed by atoms with E-state index in [1.807, 2.05) is 11.8 Å². The molecule has 1 amide bonds. The van der Waals surface area contributed by atoms with Gasteiger partial charge in [-0.1, -0.05) is 29.8 Å². The number of nitrogens with one attached hydrogen (secondary N) is 1. The SMILES string of the molecule is CC[NH+]1CCN(C(=O)c2ccccc2N(C)S(=O)(=O)c2ccc(C)cc2)CC1. The lowest BCUT2D eigenvalue weighted by atomic mass is 10.1. The van der Waals surface area contributed by atoms with E-state index < -0.39 is 10.0 Å². The highest BCUT2D eigenvalue weighted by molar-refractivity contribution is 7.92. The fourth-order valence-electron chi connectivity index (χ4n) is 3.48. The molecule has 0 unspecified atom stereocenters. The van der Waals surface area contributed by atoms with Crippen molar-refractivity contribution >= 4 is 21.6 Å². The minimum absolute atomic E-state index is 0.114. The topological polar surface area (TPSA) is 62.1 Å². The molecule has 3 rings (SSSR count). The molecule has 0 aliphatic carbocycles. The fraction of sp³-hybridized carbons (Fsp3) is 0.381. The summed E-state index contributed by atoms with van der Waals surface area (Å²) in [5.74, 6) is -0.114. The number of likely N-dealkylation sites (N-methyl/N-ethyl adjacent to an activating group) is 1. The van der Waals surface area contributed by atoms with Crippen LogP contribution in [-0.4, -0.2) is 59.0 Å². The number of quaternary nitrogens is 1. The second-order valence-electron chi connectivity index (χ2n) is 7.20. The molecule has 1 aliphatic rings. The van der Waals surface area contributed by atoms with Crippen LogP contribution in [0.25, 0.3) is 0 Å². The highest BCUT2D eigenvalue weighted by Gasteiger charge is 2.29. The first-order valence-corrected chi connectivity index (χ1v) is 11.1. The van der Waals surface area contributed by atoms with E-state index in [1.165, 1.54) is 16.3 Å². The van der Waals surface area contributed by atoms with Crippen molar-refractivity contribution in [2.75, 3.05) is 44.1 Å². The van der Waals surface area contributed by atoms with E-state index >= 15 is 0 Å². The maximum atomic E-state index is 13.1. The van der Waals surface area contributed by atoms with Gasteiger partial charge in [0.1, 0.15) is 0 Å². The Hall–Kier alpha value is -2.38. The molecule has 0 spiro atoms. The van der Waals surface area contributed by atoms with E-state index in [0.29, 0.717) is 24.3 Å². The van der Waals surface area contributed by atoms with E-state index in [0.717, 1.165) is 25.2 Å². The quantitative estimate of drug-likeness (QED) is 0.817. The lowest BCUT2D eigenvalue weighted by Crippen LogP contribution is -3.14. The monoisotopic (exact) mass is 402 g/mol. The zero-order valence-corrected chi connectivity index (χ0v) is 17.5. The van der Waals surface area contributed by atoms with Crippen molar-refractivity contribution in [3.63, 3.8) is 0 Å². The number of carbonyl (C=O) groups excluding carboxylic acids is 1. The molecule has 28 heavy (non-hydrogen) atoms. The maximum absolute atomic E-state index is 13.1. The fourth-order valence-corrected chi connectivity index (χ4v) is 4.69. The number of benzene rings is 2. The number of hydrogen-bond acceptors (Lipinski definition) is 3. The number of amides is 1. The van der Waals surface area contributed by atoms with Crippen LogP contribution in [0.3, 0.4) is 0 Å². The Kier molecular flexibility index (Phi) is 6.05. The van der Waals surface area contributed by atoms with Crippen molar-refractivity contribution < 1.29 is 18.1 Å². The standard InChI is InChI=1S/C21H27N3O3S/c1-4-23-13-15-24(16-14-23)21(25)19-7-5-6-8-20(19)22(3)28(26,27)18-11-9-17(2)10-12-18/h5-12H,4,13-16H2,1-3H3/p+1. The Morgan fingerprint density at radius 3 is 2.29 bits per heavy atom. The number of nitrogens with zero attached hydrogens (tertiary/aromatic N) is 2. The number of anilines is 1. The van der Waals surface area contributed by atoms with Crippen LogP contribution in [0.5, 0.6) is 0 Å². The molecule has 0 atom stereocenters. The Morgan fingerprint density at radius 2 is 1.68 bits per heavy atom. The van der Waals surface area contributed by atoms with Gasteiger partial charge in [-0.2, -0.15) is 0 Å². The molecule has 1 fully saturated rings. The minimum Gasteiger partial charge on any atom is -0.332 e. The van der Waals surface area contributed by atoms with Crippen molar-refractivity contribution in [2.45, 2.75) is 18.7 Å². The van der Waals surface area contributed by atoms with Gasteiger partial charge >= 0.3 is 0 Å². The van der Waals surface area contributed by atoms with Gasteiger partial charge in [-0.15, -0.1) is 0 Å². The molecule has 7 heteroatoms. The van der Waals surface area contributed by atoms with Crippen molar-refractivity contribution in [3.05, 3.63) is 59.7 Å². The van der Waals surface area contributed by atoms with Gasteiger partial charge in [-0.3, -0.25) is 9.10 Å². The third kappa shape index (κ3) is 4.05. The zero-order chi connectivity index (χ0) is 20.3. The molecule has 6 nitrogen and oxygen atoms in total. The average Bonchev–Trinajstić information content (AvgIpc) is 2.73. The Balaban J connectivity index is 1.89. The van der Waals surface area contributed by atoms with Gasteiger partial charge < -0.3 is 9.80 Å². The summed E-state index contributed by atoms with van der Waals surface area (Å²) in [5, 5.41) is 0. The molecule has 150 valence electrons. The third-order valence-corrected chi connectivity index (χ3v) is 7.20. The number of piperazine rings is 1. The molecule has 2 aromatic rings. The van der Waals surface area contributed by atoms with Gasteiger partial charge in [0.05, 0.1) is 48.9 Å². The number of para-hydroxylation sites is 1. The Bertz CT molecular complexity index is 934. The van der Waals surface area contributed by atoms with Crippen LogP contribution in [0.2, 0.25) is 0 Å². The summed E-state index contributed by atoms with van der Waals surface area (Å²) >= 11 is 0. The van der Waals surface area contributed by atoms with Gasteiger partial charge in [-0.05, 0) is 38.1 Å². The first-order chi connectivity index (χ1) is 13.3. The number of aryl methyl sites for hydroxylation is 1. The highest BCUT2D eigenvalue weighted by Crippen LogP contribution is 2.27. The molecule has 1 N–H and O–H groups in total. The summed E-state index contributed by atoms with van der Waals surface area (Å²) in [4.78, 5) is 16.6. The lowest BCUT2D eigenvalue weighted by Gasteiger charge is -2.32. The van der Waals surface area contributed by atoms with E-state index in [1.54, 1.807) is 48.5 Å². The largest absolute Gasteiger partial charge is 0.332 e. The lowest BCUT2D eigenvalue weighted by molar-refractivity contribution is -0.902. The van der Waals surface area contributed by atoms with Gasteiger partial charge in [0.25, 0.3) is 15.9 Å². The number of sulfonamides is 1. The number of rotatable bonds is 5. The normalized spacial score (nSPS) is 15.5. The first kappa shape index (κ1) is 20.4. The highest BCUT2D eigenvalue weighted by atomic mass is 32.2. The van der Waals surface area contributed by atoms with E-state index in [2.05, 4.69) is 6.92 Å². The minimum atomic E-state index is -3.75. The van der Waals surface area contributed by atoms with Crippen molar-refractivity contribution in [2.24, 2.45) is 0 Å². The van der Waals surface area contributed by atoms with Crippen LogP contribution in [0.1, 0.15) is 22.8 Å². The molecular formula is C21H28N3O3S+. The summed E-state index contributed by atoms with van der Waals surface area (Å²) < 4.78 is 27.4. The van der Waals surface area contributed by atoms with Gasteiger partial charge in [-0.25, -0.2) is 8.42 Å². The predicted molar refractivity (Wildman–Crippen MR) is 110 cm³/mol. The summed E-state index contributed by atoms with van der Waals surface area (Å²) in [5.41, 5.74) is 1.81. The van der Waals surface area contributed by atoms with Crippen LogP contribution >= 0.6 is 0 Å². The molecule has 2 aromatic carbocycles. The van der Waals surface area contributed by atoms with E-state index in [4.69, 9.17) is 0 Å². The summed E-state index contributed by atoms with van der Waals surface area (Å²) in [6, 6.07) is 13.7. The maximum Gasteiger partial charge on any atom is 0.264 e. The summed E-state index contributed by atoms with van der Waals surface area (Å²) in [6.07, 6.45) is 0. The Labute approximate surface area is 167 Å². The van der Waals surface area contributed by atoms with Gasteiger partial charge in [0, 0.05) is 7.05 Å². The molecule has 1 heterocycles. The molecular weight excluding hydrogens is 374 g/mol. The molecule has 0 radical (unpaired) electrons. The van der Waals surface area contributed by atoms with Crippen LogP contribution in [0, 0.1) is 6.92 Å². The van der Waals surface area contributed by atoms with E-state index in [-0.39, 0.29) is 10.8 Å². The van der Waals surface area contributed by atoms with Crippen molar-refractivity contribution in [1.29, 1.82) is 0 Å².